The molecule has 1 amide bonds. The van der Waals surface area contributed by atoms with Gasteiger partial charge in [-0.3, -0.25) is 0 Å². The summed E-state index contributed by atoms with van der Waals surface area (Å²) in [5, 5.41) is 0. The van der Waals surface area contributed by atoms with Gasteiger partial charge in [0.15, 0.2) is 11.5 Å². The first-order chi connectivity index (χ1) is 8.74. The lowest BCUT2D eigenvalue weighted by Crippen LogP contribution is -2.17. The normalized spacial score (nSPS) is 13.7. The van der Waals surface area contributed by atoms with Crippen molar-refractivity contribution in [1.82, 2.24) is 4.90 Å². The fraction of sp³-hybridized carbons (Fsp3) is 0.308. The molecule has 0 aliphatic carbocycles. The summed E-state index contributed by atoms with van der Waals surface area (Å²) in [5.74, 6) is 4.13. The molecule has 0 saturated carbocycles. The van der Waals surface area contributed by atoms with E-state index >= 15 is 0 Å². The van der Waals surface area contributed by atoms with Crippen molar-refractivity contribution in [2.75, 3.05) is 27.4 Å². The number of methoxy groups -OCH3 is 2. The molecule has 18 heavy (non-hydrogen) atoms. The third kappa shape index (κ3) is 2.48. The van der Waals surface area contributed by atoms with Gasteiger partial charge < -0.3 is 14.2 Å². The van der Waals surface area contributed by atoms with Gasteiger partial charge in [0.1, 0.15) is 6.61 Å². The highest BCUT2D eigenvalue weighted by Crippen LogP contribution is 2.27. The summed E-state index contributed by atoms with van der Waals surface area (Å²) in [6.07, 6.45) is -0.400. The van der Waals surface area contributed by atoms with Gasteiger partial charge in [0, 0.05) is 11.6 Å². The van der Waals surface area contributed by atoms with Gasteiger partial charge in [0.2, 0.25) is 0 Å². The van der Waals surface area contributed by atoms with E-state index in [9.17, 15) is 4.79 Å². The maximum atomic E-state index is 11.2. The van der Waals surface area contributed by atoms with Crippen molar-refractivity contribution in [3.05, 3.63) is 23.8 Å². The molecular formula is C13H13NO4. The first kappa shape index (κ1) is 12.1. The zero-order valence-corrected chi connectivity index (χ0v) is 10.2. The molecule has 5 heteroatoms. The lowest BCUT2D eigenvalue weighted by Gasteiger charge is -2.07. The van der Waals surface area contributed by atoms with E-state index in [2.05, 4.69) is 12.0 Å². The number of nitrogens with zero attached hydrogens (tertiary/aromatic N) is 1. The third-order valence-corrected chi connectivity index (χ3v) is 2.48. The molecule has 94 valence electrons. The van der Waals surface area contributed by atoms with Gasteiger partial charge in [-0.25, -0.2) is 9.69 Å². The lowest BCUT2D eigenvalue weighted by molar-refractivity contribution is 0.167. The number of benzene rings is 1. The maximum Gasteiger partial charge on any atom is 0.421 e. The third-order valence-electron chi connectivity index (χ3n) is 2.48. The number of hydrogen-bond donors (Lipinski definition) is 0. The minimum atomic E-state index is -0.400. The average molecular weight is 247 g/mol. The number of carbonyl (C=O) groups excluding carboxylic acids is 1. The highest BCUT2D eigenvalue weighted by Gasteiger charge is 2.19. The van der Waals surface area contributed by atoms with Crippen LogP contribution in [0.5, 0.6) is 11.5 Å². The lowest BCUT2D eigenvalue weighted by atomic mass is 10.2. The molecule has 0 radical (unpaired) electrons. The SMILES string of the molecule is COc1ccc(C#CN2CCOC2=O)cc1OC. The summed E-state index contributed by atoms with van der Waals surface area (Å²) in [6, 6.07) is 8.08. The summed E-state index contributed by atoms with van der Waals surface area (Å²) in [4.78, 5) is 12.5. The van der Waals surface area contributed by atoms with Crippen LogP contribution in [0.25, 0.3) is 0 Å². The minimum absolute atomic E-state index is 0.388. The van der Waals surface area contributed by atoms with Gasteiger partial charge >= 0.3 is 6.09 Å². The fourth-order valence-electron chi connectivity index (χ4n) is 1.54. The van der Waals surface area contributed by atoms with E-state index in [4.69, 9.17) is 14.2 Å². The van der Waals surface area contributed by atoms with Crippen LogP contribution in [0.1, 0.15) is 5.56 Å². The first-order valence-corrected chi connectivity index (χ1v) is 5.42. The van der Waals surface area contributed by atoms with Crippen LogP contribution in [0.3, 0.4) is 0 Å². The average Bonchev–Trinajstić information content (AvgIpc) is 2.81. The Kier molecular flexibility index (Phi) is 3.58. The van der Waals surface area contributed by atoms with Crippen molar-refractivity contribution in [3.63, 3.8) is 0 Å². The van der Waals surface area contributed by atoms with Crippen LogP contribution in [0.2, 0.25) is 0 Å². The highest BCUT2D eigenvalue weighted by molar-refractivity contribution is 5.71. The Balaban J connectivity index is 2.19. The fourth-order valence-corrected chi connectivity index (χ4v) is 1.54. The quantitative estimate of drug-likeness (QED) is 0.742. The molecule has 0 N–H and O–H groups in total. The van der Waals surface area contributed by atoms with E-state index in [1.165, 1.54) is 4.90 Å². The van der Waals surface area contributed by atoms with E-state index in [1.54, 1.807) is 32.4 Å². The second kappa shape index (κ2) is 5.32. The standard InChI is InChI=1S/C13H13NO4/c1-16-11-4-3-10(9-12(11)17-2)5-6-14-7-8-18-13(14)15/h3-4,9H,7-8H2,1-2H3. The van der Waals surface area contributed by atoms with E-state index in [0.29, 0.717) is 24.7 Å². The van der Waals surface area contributed by atoms with Crippen LogP contribution >= 0.6 is 0 Å². The molecule has 1 aliphatic rings. The molecule has 1 aromatic rings. The summed E-state index contributed by atoms with van der Waals surface area (Å²) >= 11 is 0. The summed E-state index contributed by atoms with van der Waals surface area (Å²) in [7, 11) is 3.14. The van der Waals surface area contributed by atoms with Crippen LogP contribution in [0.4, 0.5) is 4.79 Å². The van der Waals surface area contributed by atoms with Crippen molar-refractivity contribution < 1.29 is 19.0 Å². The number of cyclic esters (lactones) is 1. The molecule has 0 atom stereocenters. The molecule has 1 heterocycles. The first-order valence-electron chi connectivity index (χ1n) is 5.42. The van der Waals surface area contributed by atoms with Crippen LogP contribution in [0, 0.1) is 12.0 Å². The van der Waals surface area contributed by atoms with E-state index in [0.717, 1.165) is 5.56 Å². The van der Waals surface area contributed by atoms with Crippen molar-refractivity contribution in [1.29, 1.82) is 0 Å². The molecule has 2 rings (SSSR count). The van der Waals surface area contributed by atoms with Crippen LogP contribution in [-0.4, -0.2) is 38.4 Å². The van der Waals surface area contributed by atoms with E-state index < -0.39 is 6.09 Å². The molecule has 0 aromatic heterocycles. The predicted molar refractivity (Wildman–Crippen MR) is 64.5 cm³/mol. The van der Waals surface area contributed by atoms with Crippen molar-refractivity contribution in [2.24, 2.45) is 0 Å². The highest BCUT2D eigenvalue weighted by atomic mass is 16.6. The molecule has 1 saturated heterocycles. The van der Waals surface area contributed by atoms with Gasteiger partial charge in [0.05, 0.1) is 20.8 Å². The predicted octanol–water partition coefficient (Wildman–Crippen LogP) is 1.46. The molecule has 5 nitrogen and oxygen atoms in total. The minimum Gasteiger partial charge on any atom is -0.493 e. The summed E-state index contributed by atoms with van der Waals surface area (Å²) in [5.41, 5.74) is 0.743. The molecule has 0 spiro atoms. The molecule has 1 aromatic carbocycles. The number of amides is 1. The molecule has 0 unspecified atom stereocenters. The second-order valence-electron chi connectivity index (χ2n) is 3.57. The number of carbonyl (C=O) groups is 1. The summed E-state index contributed by atoms with van der Waals surface area (Å²) in [6.45, 7) is 0.887. The van der Waals surface area contributed by atoms with Crippen molar-refractivity contribution in [2.45, 2.75) is 0 Å². The molecular weight excluding hydrogens is 234 g/mol. The van der Waals surface area contributed by atoms with Gasteiger partial charge in [-0.1, -0.05) is 0 Å². The Morgan fingerprint density at radius 3 is 2.67 bits per heavy atom. The van der Waals surface area contributed by atoms with Gasteiger partial charge in [-0.2, -0.15) is 0 Å². The number of hydrogen-bond acceptors (Lipinski definition) is 4. The number of rotatable bonds is 2. The topological polar surface area (TPSA) is 48.0 Å². The van der Waals surface area contributed by atoms with E-state index in [-0.39, 0.29) is 0 Å². The second-order valence-corrected chi connectivity index (χ2v) is 3.57. The Morgan fingerprint density at radius 2 is 2.06 bits per heavy atom. The Bertz CT molecular complexity index is 515. The van der Waals surface area contributed by atoms with E-state index in [1.807, 2.05) is 0 Å². The van der Waals surface area contributed by atoms with Gasteiger partial charge in [-0.05, 0) is 24.1 Å². The van der Waals surface area contributed by atoms with Crippen LogP contribution < -0.4 is 9.47 Å². The monoisotopic (exact) mass is 247 g/mol. The Hall–Kier alpha value is -2.35. The van der Waals surface area contributed by atoms with Gasteiger partial charge in [-0.15, -0.1) is 0 Å². The largest absolute Gasteiger partial charge is 0.493 e. The molecule has 1 aliphatic heterocycles. The van der Waals surface area contributed by atoms with Crippen molar-refractivity contribution >= 4 is 6.09 Å². The zero-order valence-electron chi connectivity index (χ0n) is 10.2. The zero-order chi connectivity index (χ0) is 13.0. The smallest absolute Gasteiger partial charge is 0.421 e. The Morgan fingerprint density at radius 1 is 1.28 bits per heavy atom. The molecule has 1 fully saturated rings. The van der Waals surface area contributed by atoms with Crippen molar-refractivity contribution in [3.8, 4) is 23.5 Å². The van der Waals surface area contributed by atoms with Crippen LogP contribution in [0.15, 0.2) is 18.2 Å². The Labute approximate surface area is 105 Å². The van der Waals surface area contributed by atoms with Crippen LogP contribution in [-0.2, 0) is 4.74 Å². The summed E-state index contributed by atoms with van der Waals surface area (Å²) < 4.78 is 15.1. The molecule has 0 bridgehead atoms. The maximum absolute atomic E-state index is 11.2. The van der Waals surface area contributed by atoms with Gasteiger partial charge in [0.25, 0.3) is 0 Å². The number of ether oxygens (including phenoxy) is 3.